The summed E-state index contributed by atoms with van der Waals surface area (Å²) in [6.07, 6.45) is 2.71. The summed E-state index contributed by atoms with van der Waals surface area (Å²) in [5.74, 6) is 1.53. The molecule has 1 fully saturated rings. The lowest BCUT2D eigenvalue weighted by Gasteiger charge is -2.32. The van der Waals surface area contributed by atoms with E-state index in [4.69, 9.17) is 9.47 Å². The van der Waals surface area contributed by atoms with Crippen LogP contribution < -0.4 is 14.8 Å². The van der Waals surface area contributed by atoms with Crippen LogP contribution in [0.2, 0.25) is 0 Å². The first kappa shape index (κ1) is 20.7. The Morgan fingerprint density at radius 3 is 2.10 bits per heavy atom. The molecule has 3 rings (SSSR count). The number of likely N-dealkylation sites (tertiary alicyclic amines) is 1. The SMILES string of the molecule is O=C(COc1ccccc1)NC1CCN(C(=O)CCCOc2ccccc2)CC1. The van der Waals surface area contributed by atoms with E-state index in [0.717, 1.165) is 18.6 Å². The van der Waals surface area contributed by atoms with Crippen molar-refractivity contribution < 1.29 is 19.1 Å². The normalized spacial score (nSPS) is 14.3. The lowest BCUT2D eigenvalue weighted by Crippen LogP contribution is -2.47. The van der Waals surface area contributed by atoms with Crippen LogP contribution in [0.25, 0.3) is 0 Å². The first-order chi connectivity index (χ1) is 14.2. The molecule has 6 nitrogen and oxygen atoms in total. The molecule has 1 N–H and O–H groups in total. The standard InChI is InChI=1S/C23H28N2O4/c26-22(18-29-21-10-5-2-6-11-21)24-19-13-15-25(16-14-19)23(27)12-7-17-28-20-8-3-1-4-9-20/h1-6,8-11,19H,7,12-18H2,(H,24,26). The minimum absolute atomic E-state index is 0.00454. The number of para-hydroxylation sites is 2. The van der Waals surface area contributed by atoms with Gasteiger partial charge in [-0.3, -0.25) is 9.59 Å². The van der Waals surface area contributed by atoms with Crippen molar-refractivity contribution in [3.05, 3.63) is 60.7 Å². The van der Waals surface area contributed by atoms with Gasteiger partial charge in [0.25, 0.3) is 5.91 Å². The molecule has 6 heteroatoms. The van der Waals surface area contributed by atoms with E-state index in [0.29, 0.717) is 38.3 Å². The summed E-state index contributed by atoms with van der Waals surface area (Å²) < 4.78 is 11.1. The summed E-state index contributed by atoms with van der Waals surface area (Å²) in [5.41, 5.74) is 0. The number of piperidine rings is 1. The van der Waals surface area contributed by atoms with Crippen LogP contribution in [0.4, 0.5) is 0 Å². The Hall–Kier alpha value is -3.02. The van der Waals surface area contributed by atoms with Gasteiger partial charge in [-0.2, -0.15) is 0 Å². The van der Waals surface area contributed by atoms with E-state index < -0.39 is 0 Å². The van der Waals surface area contributed by atoms with Gasteiger partial charge in [0.2, 0.25) is 5.91 Å². The van der Waals surface area contributed by atoms with Crippen LogP contribution in [0, 0.1) is 0 Å². The third-order valence-electron chi connectivity index (χ3n) is 4.87. The van der Waals surface area contributed by atoms with Gasteiger partial charge in [0.05, 0.1) is 6.61 Å². The largest absolute Gasteiger partial charge is 0.494 e. The minimum Gasteiger partial charge on any atom is -0.494 e. The number of hydrogen-bond donors (Lipinski definition) is 1. The van der Waals surface area contributed by atoms with Gasteiger partial charge in [0, 0.05) is 25.6 Å². The van der Waals surface area contributed by atoms with Gasteiger partial charge in [-0.05, 0) is 43.5 Å². The molecule has 0 atom stereocenters. The van der Waals surface area contributed by atoms with E-state index >= 15 is 0 Å². The molecule has 2 aromatic rings. The highest BCUT2D eigenvalue weighted by Gasteiger charge is 2.23. The van der Waals surface area contributed by atoms with Gasteiger partial charge in [-0.15, -0.1) is 0 Å². The molecule has 0 aromatic heterocycles. The Kier molecular flexibility index (Phi) is 7.92. The molecule has 0 saturated carbocycles. The van der Waals surface area contributed by atoms with Crippen LogP contribution in [0.1, 0.15) is 25.7 Å². The smallest absolute Gasteiger partial charge is 0.258 e. The number of carbonyl (C=O) groups excluding carboxylic acids is 2. The number of nitrogens with zero attached hydrogens (tertiary/aromatic N) is 1. The van der Waals surface area contributed by atoms with Crippen molar-refractivity contribution in [2.45, 2.75) is 31.7 Å². The van der Waals surface area contributed by atoms with Gasteiger partial charge in [-0.25, -0.2) is 0 Å². The zero-order valence-corrected chi connectivity index (χ0v) is 16.6. The zero-order valence-electron chi connectivity index (χ0n) is 16.6. The fourth-order valence-corrected chi connectivity index (χ4v) is 3.30. The zero-order chi connectivity index (χ0) is 20.3. The van der Waals surface area contributed by atoms with E-state index in [1.54, 1.807) is 0 Å². The van der Waals surface area contributed by atoms with Gasteiger partial charge >= 0.3 is 0 Å². The first-order valence-corrected chi connectivity index (χ1v) is 10.1. The monoisotopic (exact) mass is 396 g/mol. The lowest BCUT2D eigenvalue weighted by atomic mass is 10.0. The van der Waals surface area contributed by atoms with Gasteiger partial charge in [-0.1, -0.05) is 36.4 Å². The highest BCUT2D eigenvalue weighted by Crippen LogP contribution is 2.14. The van der Waals surface area contributed by atoms with Crippen LogP contribution in [-0.4, -0.2) is 49.1 Å². The predicted octanol–water partition coefficient (Wildman–Crippen LogP) is 3.03. The molecule has 0 radical (unpaired) electrons. The van der Waals surface area contributed by atoms with Crippen LogP contribution in [0.3, 0.4) is 0 Å². The summed E-state index contributed by atoms with van der Waals surface area (Å²) in [4.78, 5) is 26.3. The average molecular weight is 396 g/mol. The van der Waals surface area contributed by atoms with Gasteiger partial charge < -0.3 is 19.7 Å². The maximum atomic E-state index is 12.4. The molecule has 1 heterocycles. The highest BCUT2D eigenvalue weighted by atomic mass is 16.5. The van der Waals surface area contributed by atoms with Crippen LogP contribution >= 0.6 is 0 Å². The van der Waals surface area contributed by atoms with Crippen LogP contribution in [0.15, 0.2) is 60.7 Å². The van der Waals surface area contributed by atoms with Crippen molar-refractivity contribution in [3.63, 3.8) is 0 Å². The molecule has 2 amide bonds. The molecule has 2 aromatic carbocycles. The Morgan fingerprint density at radius 2 is 1.48 bits per heavy atom. The van der Waals surface area contributed by atoms with E-state index in [1.807, 2.05) is 65.6 Å². The molecule has 0 spiro atoms. The Morgan fingerprint density at radius 1 is 0.897 bits per heavy atom. The summed E-state index contributed by atoms with van der Waals surface area (Å²) in [6, 6.07) is 19.0. The number of benzene rings is 2. The summed E-state index contributed by atoms with van der Waals surface area (Å²) in [5, 5.41) is 3.00. The molecule has 154 valence electrons. The van der Waals surface area contributed by atoms with Crippen molar-refractivity contribution in [2.24, 2.45) is 0 Å². The summed E-state index contributed by atoms with van der Waals surface area (Å²) >= 11 is 0. The third-order valence-corrected chi connectivity index (χ3v) is 4.87. The van der Waals surface area contributed by atoms with Gasteiger partial charge in [0.15, 0.2) is 6.61 Å². The predicted molar refractivity (Wildman–Crippen MR) is 111 cm³/mol. The van der Waals surface area contributed by atoms with Gasteiger partial charge in [0.1, 0.15) is 11.5 Å². The quantitative estimate of drug-likeness (QED) is 0.662. The number of carbonyl (C=O) groups is 2. The molecular weight excluding hydrogens is 368 g/mol. The van der Waals surface area contributed by atoms with Crippen molar-refractivity contribution >= 4 is 11.8 Å². The fraction of sp³-hybridized carbons (Fsp3) is 0.391. The summed E-state index contributed by atoms with van der Waals surface area (Å²) in [6.45, 7) is 1.87. The number of nitrogens with one attached hydrogen (secondary N) is 1. The maximum absolute atomic E-state index is 12.4. The molecule has 29 heavy (non-hydrogen) atoms. The van der Waals surface area contributed by atoms with Crippen molar-refractivity contribution in [2.75, 3.05) is 26.3 Å². The second-order valence-corrected chi connectivity index (χ2v) is 7.09. The van der Waals surface area contributed by atoms with Crippen molar-refractivity contribution in [1.82, 2.24) is 10.2 Å². The number of rotatable bonds is 9. The highest BCUT2D eigenvalue weighted by molar-refractivity contribution is 5.78. The molecule has 1 aliphatic heterocycles. The Labute approximate surface area is 171 Å². The second-order valence-electron chi connectivity index (χ2n) is 7.09. The Balaban J connectivity index is 1.28. The Bertz CT molecular complexity index is 759. The minimum atomic E-state index is -0.128. The summed E-state index contributed by atoms with van der Waals surface area (Å²) in [7, 11) is 0. The van der Waals surface area contributed by atoms with Crippen molar-refractivity contribution in [3.8, 4) is 11.5 Å². The van der Waals surface area contributed by atoms with Crippen molar-refractivity contribution in [1.29, 1.82) is 0 Å². The topological polar surface area (TPSA) is 67.9 Å². The van der Waals surface area contributed by atoms with E-state index in [9.17, 15) is 9.59 Å². The number of amides is 2. The van der Waals surface area contributed by atoms with Crippen LogP contribution in [0.5, 0.6) is 11.5 Å². The lowest BCUT2D eigenvalue weighted by molar-refractivity contribution is -0.132. The molecule has 1 saturated heterocycles. The van der Waals surface area contributed by atoms with E-state index in [-0.39, 0.29) is 24.5 Å². The number of hydrogen-bond acceptors (Lipinski definition) is 4. The molecule has 0 unspecified atom stereocenters. The first-order valence-electron chi connectivity index (χ1n) is 10.1. The second kappa shape index (κ2) is 11.1. The van der Waals surface area contributed by atoms with E-state index in [2.05, 4.69) is 5.32 Å². The molecule has 0 bridgehead atoms. The molecule has 0 aliphatic carbocycles. The maximum Gasteiger partial charge on any atom is 0.258 e. The van der Waals surface area contributed by atoms with Crippen LogP contribution in [-0.2, 0) is 9.59 Å². The fourth-order valence-electron chi connectivity index (χ4n) is 3.30. The molecular formula is C23H28N2O4. The molecule has 1 aliphatic rings. The number of ether oxygens (including phenoxy) is 2. The third kappa shape index (κ3) is 7.14. The average Bonchev–Trinajstić information content (AvgIpc) is 2.77. The van der Waals surface area contributed by atoms with E-state index in [1.165, 1.54) is 0 Å².